The van der Waals surface area contributed by atoms with Crippen molar-refractivity contribution in [1.82, 2.24) is 0 Å². The van der Waals surface area contributed by atoms with Crippen LogP contribution in [0.5, 0.6) is 0 Å². The van der Waals surface area contributed by atoms with Crippen LogP contribution in [0.2, 0.25) is 0 Å². The number of rotatable bonds is 3. The molecule has 0 aromatic heterocycles. The summed E-state index contributed by atoms with van der Waals surface area (Å²) in [5, 5.41) is 0. The molecule has 0 bridgehead atoms. The zero-order valence-electron chi connectivity index (χ0n) is 24.2. The van der Waals surface area contributed by atoms with Crippen molar-refractivity contribution in [1.29, 1.82) is 0 Å². The summed E-state index contributed by atoms with van der Waals surface area (Å²) in [5.74, 6) is 0. The Hall–Kier alpha value is -3.32. The molecule has 0 nitrogen and oxygen atoms in total. The summed E-state index contributed by atoms with van der Waals surface area (Å²) in [6, 6.07) is 24.2. The lowest BCUT2D eigenvalue weighted by molar-refractivity contribution is 0.918. The Kier molecular flexibility index (Phi) is 6.22. The first-order chi connectivity index (χ1) is 18.2. The lowest BCUT2D eigenvalue weighted by Crippen LogP contribution is -2.52. The van der Waals surface area contributed by atoms with Gasteiger partial charge in [-0.1, -0.05) is 82.6 Å². The Labute approximate surface area is 229 Å². The number of allylic oxidation sites excluding steroid dienone is 2. The Balaban J connectivity index is 1.50. The highest BCUT2D eigenvalue weighted by atomic mass is 14.3. The van der Waals surface area contributed by atoms with E-state index in [1.54, 1.807) is 16.7 Å². The van der Waals surface area contributed by atoms with Crippen molar-refractivity contribution in [3.63, 3.8) is 0 Å². The second kappa shape index (κ2) is 9.46. The van der Waals surface area contributed by atoms with Gasteiger partial charge in [-0.2, -0.15) is 0 Å². The summed E-state index contributed by atoms with van der Waals surface area (Å²) in [6.45, 7) is 16.0. The van der Waals surface area contributed by atoms with E-state index in [1.807, 2.05) is 0 Å². The van der Waals surface area contributed by atoms with Crippen molar-refractivity contribution in [3.8, 4) is 0 Å². The van der Waals surface area contributed by atoms with Crippen molar-refractivity contribution in [2.24, 2.45) is 0 Å². The molecule has 4 aromatic rings. The van der Waals surface area contributed by atoms with Crippen LogP contribution < -0.4 is 16.4 Å². The summed E-state index contributed by atoms with van der Waals surface area (Å²) in [6.07, 6.45) is 4.59. The first-order valence-corrected chi connectivity index (χ1v) is 14.3. The lowest BCUT2D eigenvalue weighted by Gasteiger charge is -2.30. The zero-order chi connectivity index (χ0) is 26.7. The summed E-state index contributed by atoms with van der Waals surface area (Å²) in [5.41, 5.74) is 23.2. The van der Waals surface area contributed by atoms with Crippen molar-refractivity contribution < 1.29 is 0 Å². The Morgan fingerprint density at radius 3 is 1.39 bits per heavy atom. The average Bonchev–Trinajstić information content (AvgIpc) is 2.89. The first-order valence-electron chi connectivity index (χ1n) is 14.3. The monoisotopic (exact) mass is 494 g/mol. The Bertz CT molecular complexity index is 1530. The van der Waals surface area contributed by atoms with E-state index in [9.17, 15) is 0 Å². The molecule has 0 saturated carbocycles. The number of fused-ring (bicyclic) bond motifs is 4. The molecule has 0 unspecified atom stereocenters. The summed E-state index contributed by atoms with van der Waals surface area (Å²) < 4.78 is 0. The smallest absolute Gasteiger partial charge is 0.0684 e. The van der Waals surface area contributed by atoms with Gasteiger partial charge in [-0.3, -0.25) is 0 Å². The highest BCUT2D eigenvalue weighted by molar-refractivity contribution is 6.95. The third-order valence-corrected chi connectivity index (χ3v) is 9.59. The van der Waals surface area contributed by atoms with Gasteiger partial charge in [0.25, 0.3) is 0 Å². The summed E-state index contributed by atoms with van der Waals surface area (Å²) in [7, 11) is 0. The molecule has 2 aliphatic rings. The molecular weight excluding hydrogens is 455 g/mol. The van der Waals surface area contributed by atoms with Gasteiger partial charge in [-0.15, -0.1) is 0 Å². The molecule has 38 heavy (non-hydrogen) atoms. The molecule has 4 aromatic carbocycles. The molecule has 0 saturated heterocycles. The van der Waals surface area contributed by atoms with Crippen molar-refractivity contribution in [2.45, 2.75) is 74.1 Å². The largest absolute Gasteiger partial charge is 0.241 e. The van der Waals surface area contributed by atoms with Crippen LogP contribution in [0.25, 0.3) is 11.1 Å². The number of aryl methyl sites for hydroxylation is 7. The summed E-state index contributed by atoms with van der Waals surface area (Å²) >= 11 is 0. The average molecular weight is 495 g/mol. The second-order valence-corrected chi connectivity index (χ2v) is 12.0. The van der Waals surface area contributed by atoms with Crippen LogP contribution in [-0.2, 0) is 12.8 Å². The molecule has 0 heterocycles. The first kappa shape index (κ1) is 25.0. The van der Waals surface area contributed by atoms with E-state index in [4.69, 9.17) is 0 Å². The minimum atomic E-state index is 0.238. The lowest BCUT2D eigenvalue weighted by atomic mass is 9.36. The molecular formula is C37H39B. The Morgan fingerprint density at radius 1 is 0.447 bits per heavy atom. The van der Waals surface area contributed by atoms with E-state index in [0.29, 0.717) is 0 Å². The molecule has 0 atom stereocenters. The molecule has 190 valence electrons. The second-order valence-electron chi connectivity index (χ2n) is 12.0. The van der Waals surface area contributed by atoms with E-state index in [-0.39, 0.29) is 6.71 Å². The molecule has 0 aliphatic heterocycles. The fourth-order valence-electron chi connectivity index (χ4n) is 6.98. The van der Waals surface area contributed by atoms with E-state index < -0.39 is 0 Å². The van der Waals surface area contributed by atoms with E-state index in [0.717, 1.165) is 25.7 Å². The number of hydrogen-bond donors (Lipinski definition) is 0. The fourth-order valence-corrected chi connectivity index (χ4v) is 6.98. The van der Waals surface area contributed by atoms with Crippen molar-refractivity contribution in [3.05, 3.63) is 122 Å². The van der Waals surface area contributed by atoms with Crippen LogP contribution in [0.1, 0.15) is 74.0 Å². The van der Waals surface area contributed by atoms with Gasteiger partial charge in [-0.25, -0.2) is 0 Å². The maximum atomic E-state index is 2.55. The van der Waals surface area contributed by atoms with Crippen LogP contribution in [0.15, 0.2) is 60.7 Å². The van der Waals surface area contributed by atoms with Gasteiger partial charge in [0.1, 0.15) is 0 Å². The number of hydrogen-bond acceptors (Lipinski definition) is 0. The van der Waals surface area contributed by atoms with Crippen LogP contribution in [0.3, 0.4) is 0 Å². The van der Waals surface area contributed by atoms with E-state index in [2.05, 4.69) is 109 Å². The maximum Gasteiger partial charge on any atom is 0.241 e. The van der Waals surface area contributed by atoms with Gasteiger partial charge >= 0.3 is 0 Å². The minimum Gasteiger partial charge on any atom is -0.0684 e. The highest BCUT2D eigenvalue weighted by Gasteiger charge is 2.28. The van der Waals surface area contributed by atoms with Gasteiger partial charge in [0, 0.05) is 0 Å². The summed E-state index contributed by atoms with van der Waals surface area (Å²) in [4.78, 5) is 0. The fraction of sp³-hybridized carbons (Fsp3) is 0.297. The normalized spacial score (nSPS) is 14.2. The minimum absolute atomic E-state index is 0.238. The van der Waals surface area contributed by atoms with E-state index in [1.165, 1.54) is 72.0 Å². The molecule has 6 rings (SSSR count). The molecule has 0 radical (unpaired) electrons. The van der Waals surface area contributed by atoms with Gasteiger partial charge in [-0.05, 0) is 141 Å². The van der Waals surface area contributed by atoms with Crippen LogP contribution in [0.4, 0.5) is 0 Å². The third-order valence-electron chi connectivity index (χ3n) is 9.59. The quantitative estimate of drug-likeness (QED) is 0.265. The molecule has 0 amide bonds. The standard InChI is InChI=1S/C37H39B/c1-22-8-12-34-29(16-22)9-13-37-35-15-11-31(21-30(35)10-14-36(34)37)38(32-17-23(2)27(6)24(3)18-32)33-19-25(4)28(7)26(5)20-33/h8,11-12,15-21H,9-10,13-14H2,1-7H3. The maximum absolute atomic E-state index is 2.55. The van der Waals surface area contributed by atoms with Crippen LogP contribution in [-0.4, -0.2) is 6.71 Å². The van der Waals surface area contributed by atoms with Crippen LogP contribution >= 0.6 is 0 Å². The molecule has 2 aliphatic carbocycles. The predicted molar refractivity (Wildman–Crippen MR) is 167 cm³/mol. The van der Waals surface area contributed by atoms with Crippen LogP contribution in [0, 0.1) is 48.5 Å². The van der Waals surface area contributed by atoms with Gasteiger partial charge in [0.2, 0.25) is 6.71 Å². The third kappa shape index (κ3) is 4.17. The van der Waals surface area contributed by atoms with Gasteiger partial charge in [0.05, 0.1) is 0 Å². The predicted octanol–water partition coefficient (Wildman–Crippen LogP) is 7.16. The van der Waals surface area contributed by atoms with Gasteiger partial charge in [0.15, 0.2) is 0 Å². The highest BCUT2D eigenvalue weighted by Crippen LogP contribution is 2.43. The Morgan fingerprint density at radius 2 is 0.895 bits per heavy atom. The van der Waals surface area contributed by atoms with Crippen molar-refractivity contribution in [2.75, 3.05) is 0 Å². The molecule has 0 fully saturated rings. The number of benzene rings is 4. The van der Waals surface area contributed by atoms with Gasteiger partial charge < -0.3 is 0 Å². The van der Waals surface area contributed by atoms with E-state index >= 15 is 0 Å². The zero-order valence-corrected chi connectivity index (χ0v) is 24.2. The molecule has 0 spiro atoms. The SMILES string of the molecule is Cc1ccc2c(c1)CCC1=C2CCc2cc(B(c3cc(C)c(C)c(C)c3)c3cc(C)c(C)c(C)c3)ccc21. The topological polar surface area (TPSA) is 0 Å². The molecule has 1 heteroatoms. The van der Waals surface area contributed by atoms with Crippen molar-refractivity contribution >= 4 is 34.2 Å². The molecule has 0 N–H and O–H groups in total.